The first-order chi connectivity index (χ1) is 7.09. The molecule has 16 heavy (non-hydrogen) atoms. The van der Waals surface area contributed by atoms with Crippen molar-refractivity contribution >= 4 is 10.3 Å². The van der Waals surface area contributed by atoms with Gasteiger partial charge < -0.3 is 0 Å². The van der Waals surface area contributed by atoms with Crippen molar-refractivity contribution in [3.05, 3.63) is 17.5 Å². The normalized spacial score (nSPS) is 13.1. The Kier molecular flexibility index (Phi) is 3.41. The summed E-state index contributed by atoms with van der Waals surface area (Å²) in [7, 11) is -2.14. The second-order valence-corrected chi connectivity index (χ2v) is 5.90. The van der Waals surface area contributed by atoms with Gasteiger partial charge in [0.15, 0.2) is 0 Å². The van der Waals surface area contributed by atoms with Gasteiger partial charge in [-0.05, 0) is 0 Å². The maximum atomic E-state index is 10.7. The minimum atomic E-state index is -3.91. The van der Waals surface area contributed by atoms with Gasteiger partial charge in [0.05, 0.1) is 12.3 Å². The van der Waals surface area contributed by atoms with Gasteiger partial charge in [-0.25, -0.2) is 5.14 Å². The predicted molar refractivity (Wildman–Crippen MR) is 59.8 cm³/mol. The van der Waals surface area contributed by atoms with Gasteiger partial charge in [-0.2, -0.15) is 13.5 Å². The van der Waals surface area contributed by atoms with E-state index in [4.69, 9.17) is 5.14 Å². The molecule has 1 aromatic rings. The molecule has 0 aliphatic rings. The number of rotatable bonds is 3. The summed E-state index contributed by atoms with van der Waals surface area (Å²) < 4.78 is 27.6. The molecule has 0 aliphatic heterocycles. The Balaban J connectivity index is 2.96. The Morgan fingerprint density at radius 1 is 1.50 bits per heavy atom. The number of aryl methyl sites for hydroxylation is 1. The van der Waals surface area contributed by atoms with Crippen molar-refractivity contribution in [3.8, 4) is 0 Å². The van der Waals surface area contributed by atoms with E-state index in [1.54, 1.807) is 17.9 Å². The van der Waals surface area contributed by atoms with Gasteiger partial charge in [0.2, 0.25) is 0 Å². The van der Waals surface area contributed by atoms with Crippen molar-refractivity contribution < 1.29 is 12.6 Å². The van der Waals surface area contributed by atoms with Gasteiger partial charge in [-0.3, -0.25) is 8.86 Å². The molecule has 92 valence electrons. The molecule has 0 aliphatic carbocycles. The lowest BCUT2D eigenvalue weighted by molar-refractivity contribution is 0.305. The minimum absolute atomic E-state index is 0.0841. The highest BCUT2D eigenvalue weighted by Crippen LogP contribution is 2.24. The molecule has 0 spiro atoms. The molecule has 0 amide bonds. The van der Waals surface area contributed by atoms with Crippen LogP contribution in [0, 0.1) is 0 Å². The van der Waals surface area contributed by atoms with E-state index in [0.29, 0.717) is 0 Å². The molecule has 6 nitrogen and oxygen atoms in total. The average Bonchev–Trinajstić information content (AvgIpc) is 2.41. The molecule has 0 radical (unpaired) electrons. The van der Waals surface area contributed by atoms with Gasteiger partial charge in [0.1, 0.15) is 0 Å². The van der Waals surface area contributed by atoms with E-state index < -0.39 is 10.3 Å². The van der Waals surface area contributed by atoms with Crippen LogP contribution >= 0.6 is 0 Å². The van der Waals surface area contributed by atoms with Crippen molar-refractivity contribution in [1.82, 2.24) is 9.78 Å². The highest BCUT2D eigenvalue weighted by molar-refractivity contribution is 7.84. The monoisotopic (exact) mass is 247 g/mol. The molecule has 0 atom stereocenters. The molecule has 0 saturated carbocycles. The summed E-state index contributed by atoms with van der Waals surface area (Å²) in [6.45, 7) is 5.90. The molecule has 0 unspecified atom stereocenters. The van der Waals surface area contributed by atoms with Gasteiger partial charge >= 0.3 is 10.3 Å². The van der Waals surface area contributed by atoms with Gasteiger partial charge in [-0.1, -0.05) is 20.8 Å². The van der Waals surface area contributed by atoms with E-state index in [9.17, 15) is 8.42 Å². The summed E-state index contributed by atoms with van der Waals surface area (Å²) in [6, 6.07) is 0. The fraction of sp³-hybridized carbons (Fsp3) is 0.667. The zero-order valence-corrected chi connectivity index (χ0v) is 10.7. The minimum Gasteiger partial charge on any atom is -0.275 e. The van der Waals surface area contributed by atoms with Crippen molar-refractivity contribution in [2.24, 2.45) is 12.2 Å². The number of nitrogens with zero attached hydrogens (tertiary/aromatic N) is 2. The lowest BCUT2D eigenvalue weighted by Gasteiger charge is -2.17. The molecular weight excluding hydrogens is 230 g/mol. The Morgan fingerprint density at radius 3 is 2.50 bits per heavy atom. The maximum absolute atomic E-state index is 10.7. The van der Waals surface area contributed by atoms with Crippen molar-refractivity contribution in [2.75, 3.05) is 0 Å². The zero-order valence-electron chi connectivity index (χ0n) is 9.89. The topological polar surface area (TPSA) is 87.2 Å². The summed E-state index contributed by atoms with van der Waals surface area (Å²) >= 11 is 0. The van der Waals surface area contributed by atoms with Crippen LogP contribution in [0.4, 0.5) is 0 Å². The second kappa shape index (κ2) is 4.15. The third-order valence-corrected chi connectivity index (χ3v) is 2.44. The predicted octanol–water partition coefficient (Wildman–Crippen LogP) is 0.438. The molecule has 0 saturated heterocycles. The molecule has 0 bridgehead atoms. The van der Waals surface area contributed by atoms with Crippen molar-refractivity contribution in [1.29, 1.82) is 0 Å². The second-order valence-electron chi connectivity index (χ2n) is 4.68. The summed E-state index contributed by atoms with van der Waals surface area (Å²) in [5, 5.41) is 9.06. The molecule has 0 aromatic carbocycles. The Hall–Kier alpha value is -0.920. The third kappa shape index (κ3) is 3.58. The van der Waals surface area contributed by atoms with Crippen LogP contribution in [-0.4, -0.2) is 18.2 Å². The van der Waals surface area contributed by atoms with Crippen LogP contribution in [0.15, 0.2) is 6.20 Å². The van der Waals surface area contributed by atoms with Crippen molar-refractivity contribution in [2.45, 2.75) is 32.8 Å². The molecule has 0 fully saturated rings. The smallest absolute Gasteiger partial charge is 0.275 e. The van der Waals surface area contributed by atoms with Crippen LogP contribution in [0.5, 0.6) is 0 Å². The van der Waals surface area contributed by atoms with Crippen LogP contribution in [-0.2, 0) is 33.6 Å². The van der Waals surface area contributed by atoms with E-state index >= 15 is 0 Å². The fourth-order valence-electron chi connectivity index (χ4n) is 1.42. The largest absolute Gasteiger partial charge is 0.333 e. The van der Waals surface area contributed by atoms with E-state index in [1.165, 1.54) is 0 Å². The maximum Gasteiger partial charge on any atom is 0.333 e. The van der Waals surface area contributed by atoms with E-state index in [-0.39, 0.29) is 12.0 Å². The fourth-order valence-corrected chi connectivity index (χ4v) is 1.71. The highest BCUT2D eigenvalue weighted by atomic mass is 32.2. The lowest BCUT2D eigenvalue weighted by atomic mass is 9.90. The van der Waals surface area contributed by atoms with Crippen LogP contribution in [0.3, 0.4) is 0 Å². The van der Waals surface area contributed by atoms with Gasteiger partial charge in [-0.15, -0.1) is 0 Å². The van der Waals surface area contributed by atoms with E-state index in [0.717, 1.165) is 11.3 Å². The third-order valence-electron chi connectivity index (χ3n) is 1.99. The molecule has 2 N–H and O–H groups in total. The molecular formula is C9H17N3O3S. The average molecular weight is 247 g/mol. The first kappa shape index (κ1) is 13.1. The van der Waals surface area contributed by atoms with Crippen LogP contribution in [0.2, 0.25) is 0 Å². The quantitative estimate of drug-likeness (QED) is 0.839. The Morgan fingerprint density at radius 2 is 2.06 bits per heavy atom. The molecule has 1 aromatic heterocycles. The molecule has 7 heteroatoms. The SMILES string of the molecule is Cn1cc(COS(N)(=O)=O)c(C(C)(C)C)n1. The number of hydrogen-bond acceptors (Lipinski definition) is 4. The highest BCUT2D eigenvalue weighted by Gasteiger charge is 2.22. The number of aromatic nitrogens is 2. The van der Waals surface area contributed by atoms with Crippen molar-refractivity contribution in [3.63, 3.8) is 0 Å². The zero-order chi connectivity index (χ0) is 12.6. The lowest BCUT2D eigenvalue weighted by Crippen LogP contribution is -2.18. The first-order valence-corrected chi connectivity index (χ1v) is 6.27. The molecule has 1 heterocycles. The number of hydrogen-bond donors (Lipinski definition) is 1. The summed E-state index contributed by atoms with van der Waals surface area (Å²) in [5.74, 6) is 0. The van der Waals surface area contributed by atoms with Gasteiger partial charge in [0.25, 0.3) is 0 Å². The first-order valence-electron chi connectivity index (χ1n) is 4.80. The number of nitrogens with two attached hydrogens (primary N) is 1. The Labute approximate surface area is 95.7 Å². The standard InChI is InChI=1S/C9H17N3O3S/c1-9(2,3)8-7(5-12(4)11-8)6-15-16(10,13)14/h5H,6H2,1-4H3,(H2,10,13,14). The summed E-state index contributed by atoms with van der Waals surface area (Å²) in [5.41, 5.74) is 1.36. The van der Waals surface area contributed by atoms with Crippen LogP contribution < -0.4 is 5.14 Å². The van der Waals surface area contributed by atoms with E-state index in [1.807, 2.05) is 20.8 Å². The van der Waals surface area contributed by atoms with Crippen LogP contribution in [0.1, 0.15) is 32.0 Å². The Bertz CT molecular complexity index is 471. The molecule has 1 rings (SSSR count). The van der Waals surface area contributed by atoms with Crippen LogP contribution in [0.25, 0.3) is 0 Å². The summed E-state index contributed by atoms with van der Waals surface area (Å²) in [6.07, 6.45) is 1.73. The summed E-state index contributed by atoms with van der Waals surface area (Å²) in [4.78, 5) is 0. The van der Waals surface area contributed by atoms with Gasteiger partial charge in [0, 0.05) is 24.2 Å². The van der Waals surface area contributed by atoms with E-state index in [2.05, 4.69) is 9.28 Å².